The lowest BCUT2D eigenvalue weighted by molar-refractivity contribution is 0.527. The van der Waals surface area contributed by atoms with Crippen molar-refractivity contribution in [3.63, 3.8) is 0 Å². The van der Waals surface area contributed by atoms with Gasteiger partial charge in [0.1, 0.15) is 12.1 Å². The average Bonchev–Trinajstić information content (AvgIpc) is 2.67. The molecular formula is C14H20N4S. The highest BCUT2D eigenvalue weighted by atomic mass is 32.1. The molecule has 1 saturated carbocycles. The molecule has 3 N–H and O–H groups in total. The minimum Gasteiger partial charge on any atom is -0.364 e. The summed E-state index contributed by atoms with van der Waals surface area (Å²) in [6.07, 6.45) is 7.68. The number of fused-ring (bicyclic) bond motifs is 1. The Morgan fingerprint density at radius 3 is 3.00 bits per heavy atom. The van der Waals surface area contributed by atoms with Crippen LogP contribution < -0.4 is 11.1 Å². The molecule has 4 nitrogen and oxygen atoms in total. The minimum atomic E-state index is 0.230. The molecule has 2 unspecified atom stereocenters. The molecule has 0 saturated heterocycles. The van der Waals surface area contributed by atoms with Crippen molar-refractivity contribution in [2.45, 2.75) is 51.1 Å². The van der Waals surface area contributed by atoms with Gasteiger partial charge in [-0.25, -0.2) is 9.97 Å². The summed E-state index contributed by atoms with van der Waals surface area (Å²) < 4.78 is 1.15. The van der Waals surface area contributed by atoms with Crippen molar-refractivity contribution in [2.75, 3.05) is 5.32 Å². The molecule has 1 aliphatic carbocycles. The molecule has 2 heterocycles. The maximum atomic E-state index is 6.27. The molecule has 2 aromatic rings. The lowest BCUT2D eigenvalue weighted by atomic mass is 10.0. The zero-order chi connectivity index (χ0) is 13.2. The highest BCUT2D eigenvalue weighted by Crippen LogP contribution is 2.30. The number of aryl methyl sites for hydroxylation is 1. The van der Waals surface area contributed by atoms with Crippen LogP contribution in [0.5, 0.6) is 0 Å². The molecule has 5 heteroatoms. The van der Waals surface area contributed by atoms with Crippen LogP contribution in [0.15, 0.2) is 11.7 Å². The van der Waals surface area contributed by atoms with E-state index in [1.807, 2.05) is 0 Å². The van der Waals surface area contributed by atoms with Crippen molar-refractivity contribution in [3.05, 3.63) is 17.3 Å². The number of thiophene rings is 1. The van der Waals surface area contributed by atoms with Crippen molar-refractivity contribution in [1.82, 2.24) is 9.97 Å². The summed E-state index contributed by atoms with van der Waals surface area (Å²) in [4.78, 5) is 8.77. The quantitative estimate of drug-likeness (QED) is 0.827. The smallest absolute Gasteiger partial charge is 0.147 e. The maximum Gasteiger partial charge on any atom is 0.147 e. The number of nitrogens with one attached hydrogen (secondary N) is 1. The third-order valence-electron chi connectivity index (χ3n) is 3.92. The van der Waals surface area contributed by atoms with Gasteiger partial charge in [0.25, 0.3) is 0 Å². The second-order valence-electron chi connectivity index (χ2n) is 5.37. The molecule has 0 radical (unpaired) electrons. The standard InChI is InChI=1S/C14H20N4S/c1-9-7-19-13-12(9)16-8-17-14(13)18-11-6-4-2-3-5-10(11)15/h7-8,10-11H,2-6,15H2,1H3,(H,16,17,18). The minimum absolute atomic E-state index is 0.230. The summed E-state index contributed by atoms with van der Waals surface area (Å²) in [6.45, 7) is 2.09. The van der Waals surface area contributed by atoms with Gasteiger partial charge in [-0.15, -0.1) is 11.3 Å². The Labute approximate surface area is 117 Å². The van der Waals surface area contributed by atoms with Gasteiger partial charge < -0.3 is 11.1 Å². The maximum absolute atomic E-state index is 6.27. The van der Waals surface area contributed by atoms with Crippen LogP contribution in [0.3, 0.4) is 0 Å². The number of nitrogens with zero attached hydrogens (tertiary/aromatic N) is 2. The van der Waals surface area contributed by atoms with Crippen LogP contribution in [-0.4, -0.2) is 22.1 Å². The normalized spacial score (nSPS) is 24.3. The van der Waals surface area contributed by atoms with E-state index in [-0.39, 0.29) is 6.04 Å². The molecule has 0 aromatic carbocycles. The molecule has 2 aromatic heterocycles. The van der Waals surface area contributed by atoms with E-state index in [0.717, 1.165) is 28.9 Å². The van der Waals surface area contributed by atoms with E-state index < -0.39 is 0 Å². The van der Waals surface area contributed by atoms with Crippen LogP contribution in [0, 0.1) is 6.92 Å². The van der Waals surface area contributed by atoms with Crippen LogP contribution in [0.4, 0.5) is 5.82 Å². The second kappa shape index (κ2) is 5.43. The summed E-state index contributed by atoms with van der Waals surface area (Å²) >= 11 is 1.71. The summed E-state index contributed by atoms with van der Waals surface area (Å²) in [6, 6.07) is 0.566. The first-order valence-electron chi connectivity index (χ1n) is 6.96. The molecule has 1 aliphatic rings. The Bertz CT molecular complexity index is 566. The molecule has 0 spiro atoms. The fourth-order valence-electron chi connectivity index (χ4n) is 2.76. The van der Waals surface area contributed by atoms with Gasteiger partial charge in [-0.2, -0.15) is 0 Å². The predicted molar refractivity (Wildman–Crippen MR) is 80.6 cm³/mol. The van der Waals surface area contributed by atoms with Gasteiger partial charge in [0, 0.05) is 12.1 Å². The third-order valence-corrected chi connectivity index (χ3v) is 5.02. The highest BCUT2D eigenvalue weighted by molar-refractivity contribution is 7.18. The first-order chi connectivity index (χ1) is 9.25. The zero-order valence-electron chi connectivity index (χ0n) is 11.2. The van der Waals surface area contributed by atoms with Crippen LogP contribution in [0.2, 0.25) is 0 Å². The SMILES string of the molecule is Cc1csc2c(NC3CCCCCC3N)ncnc12. The van der Waals surface area contributed by atoms with E-state index in [9.17, 15) is 0 Å². The highest BCUT2D eigenvalue weighted by Gasteiger charge is 2.21. The first-order valence-corrected chi connectivity index (χ1v) is 7.84. The molecule has 0 bridgehead atoms. The summed E-state index contributed by atoms with van der Waals surface area (Å²) in [5, 5.41) is 5.70. The van der Waals surface area contributed by atoms with Gasteiger partial charge in [0.2, 0.25) is 0 Å². The van der Waals surface area contributed by atoms with Crippen LogP contribution in [0.1, 0.15) is 37.7 Å². The third kappa shape index (κ3) is 2.58. The van der Waals surface area contributed by atoms with E-state index in [1.54, 1.807) is 17.7 Å². The van der Waals surface area contributed by atoms with E-state index in [2.05, 4.69) is 27.6 Å². The molecule has 2 atom stereocenters. The predicted octanol–water partition coefficient (Wildman–Crippen LogP) is 3.07. The van der Waals surface area contributed by atoms with Gasteiger partial charge in [-0.3, -0.25) is 0 Å². The molecule has 3 rings (SSSR count). The van der Waals surface area contributed by atoms with Gasteiger partial charge in [-0.05, 0) is 30.7 Å². The number of nitrogens with two attached hydrogens (primary N) is 1. The molecule has 19 heavy (non-hydrogen) atoms. The van der Waals surface area contributed by atoms with E-state index in [1.165, 1.54) is 24.8 Å². The number of hydrogen-bond acceptors (Lipinski definition) is 5. The van der Waals surface area contributed by atoms with Crippen molar-refractivity contribution in [3.8, 4) is 0 Å². The van der Waals surface area contributed by atoms with E-state index >= 15 is 0 Å². The zero-order valence-corrected chi connectivity index (χ0v) is 12.0. The van der Waals surface area contributed by atoms with E-state index in [4.69, 9.17) is 5.73 Å². The second-order valence-corrected chi connectivity index (χ2v) is 6.25. The van der Waals surface area contributed by atoms with Crippen molar-refractivity contribution >= 4 is 27.4 Å². The monoisotopic (exact) mass is 276 g/mol. The number of hydrogen-bond donors (Lipinski definition) is 2. The summed E-state index contributed by atoms with van der Waals surface area (Å²) in [5.41, 5.74) is 8.55. The van der Waals surface area contributed by atoms with Gasteiger partial charge >= 0.3 is 0 Å². The Morgan fingerprint density at radius 2 is 2.11 bits per heavy atom. The fraction of sp³-hybridized carbons (Fsp3) is 0.571. The van der Waals surface area contributed by atoms with E-state index in [0.29, 0.717) is 6.04 Å². The Morgan fingerprint density at radius 1 is 1.26 bits per heavy atom. The fourth-order valence-corrected chi connectivity index (χ4v) is 3.72. The summed E-state index contributed by atoms with van der Waals surface area (Å²) in [5.74, 6) is 0.949. The van der Waals surface area contributed by atoms with Gasteiger partial charge in [-0.1, -0.05) is 19.3 Å². The van der Waals surface area contributed by atoms with Crippen molar-refractivity contribution in [2.24, 2.45) is 5.73 Å². The summed E-state index contributed by atoms with van der Waals surface area (Å²) in [7, 11) is 0. The Balaban J connectivity index is 1.88. The largest absolute Gasteiger partial charge is 0.364 e. The van der Waals surface area contributed by atoms with Crippen LogP contribution in [-0.2, 0) is 0 Å². The molecular weight excluding hydrogens is 256 g/mol. The number of anilines is 1. The molecule has 0 aliphatic heterocycles. The van der Waals surface area contributed by atoms with Gasteiger partial charge in [0.05, 0.1) is 10.2 Å². The lowest BCUT2D eigenvalue weighted by Crippen LogP contribution is -2.39. The molecule has 102 valence electrons. The van der Waals surface area contributed by atoms with Crippen LogP contribution >= 0.6 is 11.3 Å². The van der Waals surface area contributed by atoms with Crippen molar-refractivity contribution < 1.29 is 0 Å². The molecule has 1 fully saturated rings. The first kappa shape index (κ1) is 12.8. The topological polar surface area (TPSA) is 63.8 Å². The Hall–Kier alpha value is -1.20. The Kier molecular flexibility index (Phi) is 3.66. The molecule has 0 amide bonds. The number of aromatic nitrogens is 2. The van der Waals surface area contributed by atoms with Gasteiger partial charge in [0.15, 0.2) is 0 Å². The number of rotatable bonds is 2. The van der Waals surface area contributed by atoms with Crippen LogP contribution in [0.25, 0.3) is 10.2 Å². The average molecular weight is 276 g/mol. The van der Waals surface area contributed by atoms with Crippen molar-refractivity contribution in [1.29, 1.82) is 0 Å². The lowest BCUT2D eigenvalue weighted by Gasteiger charge is -2.23.